The van der Waals surface area contributed by atoms with Crippen LogP contribution in [-0.2, 0) is 6.42 Å². The van der Waals surface area contributed by atoms with E-state index in [-0.39, 0.29) is 5.82 Å². The second-order valence-corrected chi connectivity index (χ2v) is 5.23. The highest BCUT2D eigenvalue weighted by atomic mass is 19.1. The second-order valence-electron chi connectivity index (χ2n) is 5.23. The Morgan fingerprint density at radius 3 is 2.86 bits per heavy atom. The first-order valence-electron chi connectivity index (χ1n) is 7.17. The summed E-state index contributed by atoms with van der Waals surface area (Å²) in [5, 5.41) is 8.25. The molecule has 4 aromatic rings. The Morgan fingerprint density at radius 1 is 1.23 bits per heavy atom. The van der Waals surface area contributed by atoms with E-state index in [4.69, 9.17) is 0 Å². The Kier molecular flexibility index (Phi) is 2.72. The predicted octanol–water partition coefficient (Wildman–Crippen LogP) is 3.08. The van der Waals surface area contributed by atoms with Crippen LogP contribution in [-0.4, -0.2) is 24.4 Å². The molecule has 0 spiro atoms. The molecular weight excluding hydrogens is 281 g/mol. The highest BCUT2D eigenvalue weighted by Gasteiger charge is 2.14. The van der Waals surface area contributed by atoms with Gasteiger partial charge >= 0.3 is 0 Å². The van der Waals surface area contributed by atoms with Crippen molar-refractivity contribution in [1.82, 2.24) is 24.4 Å². The molecule has 110 valence electrons. The molecule has 0 aliphatic rings. The fourth-order valence-corrected chi connectivity index (χ4v) is 2.76. The zero-order valence-electron chi connectivity index (χ0n) is 12.3. The van der Waals surface area contributed by atoms with Gasteiger partial charge in [0.25, 0.3) is 0 Å². The molecule has 6 heteroatoms. The van der Waals surface area contributed by atoms with E-state index in [2.05, 4.69) is 15.3 Å². The third-order valence-corrected chi connectivity index (χ3v) is 3.93. The molecule has 0 aliphatic heterocycles. The van der Waals surface area contributed by atoms with Crippen molar-refractivity contribution < 1.29 is 4.39 Å². The average molecular weight is 295 g/mol. The largest absolute Gasteiger partial charge is 0.299 e. The molecule has 0 aliphatic carbocycles. The van der Waals surface area contributed by atoms with Gasteiger partial charge in [0, 0.05) is 18.0 Å². The number of aryl methyl sites for hydroxylation is 2. The summed E-state index contributed by atoms with van der Waals surface area (Å²) in [6.07, 6.45) is 2.62. The molecule has 0 amide bonds. The van der Waals surface area contributed by atoms with Crippen molar-refractivity contribution in [3.05, 3.63) is 53.7 Å². The Labute approximate surface area is 126 Å². The molecule has 0 radical (unpaired) electrons. The minimum atomic E-state index is -0.361. The van der Waals surface area contributed by atoms with Crippen molar-refractivity contribution in [2.45, 2.75) is 20.3 Å². The lowest BCUT2D eigenvalue weighted by Gasteiger charge is -2.05. The van der Waals surface area contributed by atoms with Crippen LogP contribution in [0.25, 0.3) is 22.4 Å². The van der Waals surface area contributed by atoms with E-state index < -0.39 is 0 Å². The first kappa shape index (κ1) is 12.9. The van der Waals surface area contributed by atoms with Gasteiger partial charge in [0.05, 0.1) is 16.9 Å². The van der Waals surface area contributed by atoms with Gasteiger partial charge in [-0.25, -0.2) is 14.1 Å². The lowest BCUT2D eigenvalue weighted by molar-refractivity contribution is 0.626. The van der Waals surface area contributed by atoms with Crippen molar-refractivity contribution in [2.24, 2.45) is 0 Å². The quantitative estimate of drug-likeness (QED) is 0.571. The van der Waals surface area contributed by atoms with Gasteiger partial charge in [0.1, 0.15) is 5.52 Å². The van der Waals surface area contributed by atoms with E-state index in [0.717, 1.165) is 28.8 Å². The van der Waals surface area contributed by atoms with E-state index in [0.29, 0.717) is 11.3 Å². The van der Waals surface area contributed by atoms with Crippen LogP contribution in [0.2, 0.25) is 0 Å². The van der Waals surface area contributed by atoms with Gasteiger partial charge in [-0.05, 0) is 25.5 Å². The fraction of sp³-hybridized carbons (Fsp3) is 0.188. The van der Waals surface area contributed by atoms with Crippen LogP contribution in [0.15, 0.2) is 36.5 Å². The predicted molar refractivity (Wildman–Crippen MR) is 81.7 cm³/mol. The minimum absolute atomic E-state index is 0.350. The van der Waals surface area contributed by atoms with Gasteiger partial charge in [0.2, 0.25) is 0 Å². The summed E-state index contributed by atoms with van der Waals surface area (Å²) >= 11 is 0. The standard InChI is InChI=1S/C16H14FN5/c1-3-13-10(2)21-9-11(8-12(17)16(21)18-13)22-15-7-5-4-6-14(15)19-20-22/h4-9H,3H2,1-2H3. The maximum absolute atomic E-state index is 14.4. The maximum Gasteiger partial charge on any atom is 0.173 e. The smallest absolute Gasteiger partial charge is 0.173 e. The Balaban J connectivity index is 2.01. The number of halogens is 1. The van der Waals surface area contributed by atoms with Crippen molar-refractivity contribution in [3.8, 4) is 5.69 Å². The van der Waals surface area contributed by atoms with E-state index >= 15 is 0 Å². The number of para-hydroxylation sites is 1. The van der Waals surface area contributed by atoms with Crippen LogP contribution in [0.3, 0.4) is 0 Å². The van der Waals surface area contributed by atoms with Crippen LogP contribution in [0.5, 0.6) is 0 Å². The molecule has 0 fully saturated rings. The first-order chi connectivity index (χ1) is 10.7. The lowest BCUT2D eigenvalue weighted by atomic mass is 10.3. The number of hydrogen-bond acceptors (Lipinski definition) is 3. The van der Waals surface area contributed by atoms with Crippen LogP contribution >= 0.6 is 0 Å². The van der Waals surface area contributed by atoms with Gasteiger partial charge in [-0.2, -0.15) is 0 Å². The third-order valence-electron chi connectivity index (χ3n) is 3.93. The molecule has 3 heterocycles. The van der Waals surface area contributed by atoms with Crippen molar-refractivity contribution in [3.63, 3.8) is 0 Å². The summed E-state index contributed by atoms with van der Waals surface area (Å²) in [7, 11) is 0. The first-order valence-corrected chi connectivity index (χ1v) is 7.17. The summed E-state index contributed by atoms with van der Waals surface area (Å²) in [5.41, 5.74) is 4.45. The Morgan fingerprint density at radius 2 is 2.05 bits per heavy atom. The number of imidazole rings is 1. The SMILES string of the molecule is CCc1nc2c(F)cc(-n3nnc4ccccc43)cn2c1C. The van der Waals surface area contributed by atoms with Gasteiger partial charge < -0.3 is 0 Å². The molecule has 0 bridgehead atoms. The molecule has 22 heavy (non-hydrogen) atoms. The molecule has 1 aromatic carbocycles. The van der Waals surface area contributed by atoms with Crippen LogP contribution < -0.4 is 0 Å². The summed E-state index contributed by atoms with van der Waals surface area (Å²) in [6.45, 7) is 3.96. The summed E-state index contributed by atoms with van der Waals surface area (Å²) < 4.78 is 17.8. The molecule has 4 rings (SSSR count). The number of rotatable bonds is 2. The number of fused-ring (bicyclic) bond motifs is 2. The fourth-order valence-electron chi connectivity index (χ4n) is 2.76. The normalized spacial score (nSPS) is 11.6. The Bertz CT molecular complexity index is 999. The van der Waals surface area contributed by atoms with Gasteiger partial charge in [0.15, 0.2) is 11.5 Å². The van der Waals surface area contributed by atoms with E-state index in [1.54, 1.807) is 9.08 Å². The monoisotopic (exact) mass is 295 g/mol. The number of nitrogens with zero attached hydrogens (tertiary/aromatic N) is 5. The third kappa shape index (κ3) is 1.73. The minimum Gasteiger partial charge on any atom is -0.299 e. The maximum atomic E-state index is 14.4. The molecule has 0 atom stereocenters. The molecule has 0 N–H and O–H groups in total. The summed E-state index contributed by atoms with van der Waals surface area (Å²) in [6, 6.07) is 9.05. The number of benzene rings is 1. The number of hydrogen-bond donors (Lipinski definition) is 0. The van der Waals surface area contributed by atoms with Gasteiger partial charge in [-0.15, -0.1) is 5.10 Å². The molecule has 5 nitrogen and oxygen atoms in total. The summed E-state index contributed by atoms with van der Waals surface area (Å²) in [4.78, 5) is 4.36. The van der Waals surface area contributed by atoms with Crippen LogP contribution in [0.4, 0.5) is 4.39 Å². The zero-order chi connectivity index (χ0) is 15.3. The van der Waals surface area contributed by atoms with Crippen molar-refractivity contribution >= 4 is 16.7 Å². The molecule has 0 unspecified atom stereocenters. The molecular formula is C16H14FN5. The van der Waals surface area contributed by atoms with Crippen molar-refractivity contribution in [1.29, 1.82) is 0 Å². The highest BCUT2D eigenvalue weighted by Crippen LogP contribution is 2.21. The zero-order valence-corrected chi connectivity index (χ0v) is 12.3. The van der Waals surface area contributed by atoms with Gasteiger partial charge in [-0.3, -0.25) is 4.40 Å². The van der Waals surface area contributed by atoms with Gasteiger partial charge in [-0.1, -0.05) is 24.3 Å². The van der Waals surface area contributed by atoms with E-state index in [1.165, 1.54) is 6.07 Å². The average Bonchev–Trinajstić information content (AvgIpc) is 3.09. The van der Waals surface area contributed by atoms with E-state index in [1.807, 2.05) is 44.3 Å². The summed E-state index contributed by atoms with van der Waals surface area (Å²) in [5.74, 6) is -0.361. The number of aromatic nitrogens is 5. The molecule has 0 saturated heterocycles. The van der Waals surface area contributed by atoms with E-state index in [9.17, 15) is 4.39 Å². The van der Waals surface area contributed by atoms with Crippen LogP contribution in [0.1, 0.15) is 18.3 Å². The number of pyridine rings is 1. The van der Waals surface area contributed by atoms with Crippen LogP contribution in [0, 0.1) is 12.7 Å². The highest BCUT2D eigenvalue weighted by molar-refractivity contribution is 5.75. The topological polar surface area (TPSA) is 48.0 Å². The second kappa shape index (κ2) is 4.62. The Hall–Kier alpha value is -2.76. The molecule has 3 aromatic heterocycles. The van der Waals surface area contributed by atoms with Crippen molar-refractivity contribution in [2.75, 3.05) is 0 Å². The lowest BCUT2D eigenvalue weighted by Crippen LogP contribution is -2.01. The molecule has 0 saturated carbocycles.